The van der Waals surface area contributed by atoms with Crippen molar-refractivity contribution in [2.24, 2.45) is 0 Å². The molecule has 0 saturated heterocycles. The molecule has 7 nitrogen and oxygen atoms in total. The largest absolute Gasteiger partial charge is 0.497 e. The van der Waals surface area contributed by atoms with Gasteiger partial charge in [0, 0.05) is 22.4 Å². The highest BCUT2D eigenvalue weighted by molar-refractivity contribution is 6.00. The van der Waals surface area contributed by atoms with Crippen LogP contribution in [0.3, 0.4) is 0 Å². The van der Waals surface area contributed by atoms with Crippen LogP contribution in [0.5, 0.6) is 11.5 Å². The highest BCUT2D eigenvalue weighted by Crippen LogP contribution is 2.33. The number of nitrogens with one attached hydrogen (secondary N) is 1. The minimum absolute atomic E-state index is 0.124. The van der Waals surface area contributed by atoms with Crippen LogP contribution in [0.25, 0.3) is 21.9 Å². The lowest BCUT2D eigenvalue weighted by molar-refractivity contribution is -0.115. The number of methoxy groups -OCH3 is 2. The Balaban J connectivity index is 1.71. The summed E-state index contributed by atoms with van der Waals surface area (Å²) in [7, 11) is 3.06. The van der Waals surface area contributed by atoms with Gasteiger partial charge in [-0.15, -0.1) is 0 Å². The average Bonchev–Trinajstić information content (AvgIpc) is 3.13. The zero-order valence-electron chi connectivity index (χ0n) is 18.0. The van der Waals surface area contributed by atoms with E-state index in [9.17, 15) is 9.59 Å². The third-order valence-electron chi connectivity index (χ3n) is 5.56. The molecular weight excluding hydrogens is 398 g/mol. The molecule has 7 heteroatoms. The van der Waals surface area contributed by atoms with Crippen molar-refractivity contribution in [1.29, 1.82) is 0 Å². The van der Waals surface area contributed by atoms with Crippen molar-refractivity contribution in [2.45, 2.75) is 27.2 Å². The molecule has 2 aromatic heterocycles. The molecule has 0 saturated carbocycles. The number of furan rings is 1. The number of fused-ring (bicyclic) bond motifs is 2. The first-order valence-corrected chi connectivity index (χ1v) is 9.79. The maximum absolute atomic E-state index is 12.7. The summed E-state index contributed by atoms with van der Waals surface area (Å²) in [5.74, 6) is 0.719. The lowest BCUT2D eigenvalue weighted by Gasteiger charge is -2.13. The monoisotopic (exact) mass is 421 g/mol. The van der Waals surface area contributed by atoms with E-state index in [1.165, 1.54) is 7.11 Å². The number of carbonyl (C=O) groups excluding carboxylic acids is 1. The summed E-state index contributed by atoms with van der Waals surface area (Å²) in [6.45, 7) is 5.65. The van der Waals surface area contributed by atoms with E-state index in [0.717, 1.165) is 21.9 Å². The van der Waals surface area contributed by atoms with Gasteiger partial charge in [0.25, 0.3) is 0 Å². The van der Waals surface area contributed by atoms with Crippen molar-refractivity contribution in [3.05, 3.63) is 63.2 Å². The molecule has 4 rings (SSSR count). The summed E-state index contributed by atoms with van der Waals surface area (Å²) in [6.07, 6.45) is 1.56. The molecule has 31 heavy (non-hydrogen) atoms. The van der Waals surface area contributed by atoms with Gasteiger partial charge >= 0.3 is 5.63 Å². The van der Waals surface area contributed by atoms with E-state index in [1.54, 1.807) is 31.6 Å². The lowest BCUT2D eigenvalue weighted by Crippen LogP contribution is -2.21. The van der Waals surface area contributed by atoms with Gasteiger partial charge in [-0.05, 0) is 50.1 Å². The van der Waals surface area contributed by atoms with Gasteiger partial charge in [0.05, 0.1) is 38.2 Å². The summed E-state index contributed by atoms with van der Waals surface area (Å²) >= 11 is 0. The molecule has 0 aliphatic carbocycles. The van der Waals surface area contributed by atoms with Crippen LogP contribution in [0.2, 0.25) is 0 Å². The number of anilines is 1. The number of rotatable bonds is 5. The van der Waals surface area contributed by atoms with Crippen LogP contribution in [-0.2, 0) is 11.2 Å². The molecule has 1 N–H and O–H groups in total. The fraction of sp³-hybridized carbons (Fsp3) is 0.250. The first-order chi connectivity index (χ1) is 14.8. The zero-order valence-corrected chi connectivity index (χ0v) is 18.0. The predicted octanol–water partition coefficient (Wildman–Crippen LogP) is 4.66. The Morgan fingerprint density at radius 2 is 1.77 bits per heavy atom. The minimum Gasteiger partial charge on any atom is -0.497 e. The van der Waals surface area contributed by atoms with Crippen LogP contribution >= 0.6 is 0 Å². The molecule has 0 bridgehead atoms. The van der Waals surface area contributed by atoms with Crippen molar-refractivity contribution in [1.82, 2.24) is 0 Å². The Bertz CT molecular complexity index is 1380. The second-order valence-electron chi connectivity index (χ2n) is 7.46. The third kappa shape index (κ3) is 3.52. The van der Waals surface area contributed by atoms with Crippen molar-refractivity contribution < 1.29 is 23.1 Å². The molecule has 0 radical (unpaired) electrons. The summed E-state index contributed by atoms with van der Waals surface area (Å²) in [4.78, 5) is 25.5. The van der Waals surface area contributed by atoms with Crippen molar-refractivity contribution in [2.75, 3.05) is 19.5 Å². The van der Waals surface area contributed by atoms with Gasteiger partial charge in [-0.1, -0.05) is 0 Å². The van der Waals surface area contributed by atoms with Gasteiger partial charge in [0.1, 0.15) is 22.7 Å². The maximum Gasteiger partial charge on any atom is 0.340 e. The zero-order chi connectivity index (χ0) is 22.3. The van der Waals surface area contributed by atoms with Crippen LogP contribution in [0, 0.1) is 20.8 Å². The van der Waals surface area contributed by atoms with Crippen molar-refractivity contribution in [3.8, 4) is 11.5 Å². The van der Waals surface area contributed by atoms with Crippen LogP contribution < -0.4 is 20.4 Å². The summed E-state index contributed by atoms with van der Waals surface area (Å²) in [5, 5.41) is 4.54. The van der Waals surface area contributed by atoms with E-state index < -0.39 is 5.63 Å². The number of hydrogen-bond acceptors (Lipinski definition) is 6. The van der Waals surface area contributed by atoms with E-state index in [0.29, 0.717) is 39.5 Å². The smallest absolute Gasteiger partial charge is 0.340 e. The minimum atomic E-state index is -0.535. The van der Waals surface area contributed by atoms with E-state index in [1.807, 2.05) is 26.8 Å². The summed E-state index contributed by atoms with van der Waals surface area (Å²) in [5.41, 5.74) is 3.92. The van der Waals surface area contributed by atoms with Crippen LogP contribution in [0.4, 0.5) is 5.69 Å². The number of hydrogen-bond donors (Lipinski definition) is 1. The van der Waals surface area contributed by atoms with E-state index in [2.05, 4.69) is 5.32 Å². The van der Waals surface area contributed by atoms with E-state index in [-0.39, 0.29) is 12.3 Å². The third-order valence-corrected chi connectivity index (χ3v) is 5.56. The van der Waals surface area contributed by atoms with E-state index >= 15 is 0 Å². The summed E-state index contributed by atoms with van der Waals surface area (Å²) in [6, 6.07) is 7.03. The van der Waals surface area contributed by atoms with Gasteiger partial charge in [0.2, 0.25) is 5.91 Å². The first kappa shape index (κ1) is 20.5. The van der Waals surface area contributed by atoms with Crippen molar-refractivity contribution >= 4 is 33.5 Å². The van der Waals surface area contributed by atoms with Gasteiger partial charge in [-0.25, -0.2) is 4.79 Å². The second kappa shape index (κ2) is 7.83. The summed E-state index contributed by atoms with van der Waals surface area (Å²) < 4.78 is 21.7. The SMILES string of the molecule is COc1ccc(NC(=O)Cc2c(C)c3cc4c(C)coc4c(C)c3oc2=O)c(OC)c1. The van der Waals surface area contributed by atoms with Crippen LogP contribution in [0.15, 0.2) is 44.2 Å². The molecule has 0 spiro atoms. The molecule has 160 valence electrons. The Kier molecular flexibility index (Phi) is 5.19. The molecule has 2 aromatic carbocycles. The molecule has 0 atom stereocenters. The van der Waals surface area contributed by atoms with Crippen LogP contribution in [-0.4, -0.2) is 20.1 Å². The average molecular weight is 421 g/mol. The normalized spacial score (nSPS) is 11.1. The Hall–Kier alpha value is -3.74. The molecule has 1 amide bonds. The number of aryl methyl sites for hydroxylation is 3. The highest BCUT2D eigenvalue weighted by atomic mass is 16.5. The number of benzene rings is 2. The number of carbonyl (C=O) groups is 1. The highest BCUT2D eigenvalue weighted by Gasteiger charge is 2.19. The Morgan fingerprint density at radius 1 is 1.00 bits per heavy atom. The lowest BCUT2D eigenvalue weighted by atomic mass is 9.99. The Morgan fingerprint density at radius 3 is 2.48 bits per heavy atom. The molecule has 4 aromatic rings. The molecule has 0 unspecified atom stereocenters. The molecule has 0 aliphatic heterocycles. The topological polar surface area (TPSA) is 90.9 Å². The fourth-order valence-electron chi connectivity index (χ4n) is 3.78. The Labute approximate surface area is 178 Å². The van der Waals surface area contributed by atoms with Crippen LogP contribution in [0.1, 0.15) is 22.3 Å². The molecule has 0 aliphatic rings. The van der Waals surface area contributed by atoms with Gasteiger partial charge in [-0.2, -0.15) is 0 Å². The first-order valence-electron chi connectivity index (χ1n) is 9.79. The second-order valence-corrected chi connectivity index (χ2v) is 7.46. The maximum atomic E-state index is 12.7. The van der Waals surface area contributed by atoms with Gasteiger partial charge in [-0.3, -0.25) is 4.79 Å². The van der Waals surface area contributed by atoms with E-state index in [4.69, 9.17) is 18.3 Å². The fourth-order valence-corrected chi connectivity index (χ4v) is 3.78. The molecule has 2 heterocycles. The van der Waals surface area contributed by atoms with Gasteiger partial charge in [0.15, 0.2) is 0 Å². The quantitative estimate of drug-likeness (QED) is 0.471. The number of amides is 1. The molecule has 0 fully saturated rings. The van der Waals surface area contributed by atoms with Gasteiger partial charge < -0.3 is 23.6 Å². The molecular formula is C24H23NO6. The predicted molar refractivity (Wildman–Crippen MR) is 118 cm³/mol. The number of ether oxygens (including phenoxy) is 2. The van der Waals surface area contributed by atoms with Crippen molar-refractivity contribution in [3.63, 3.8) is 0 Å². The standard InChI is InChI=1S/C24H23NO6/c1-12-11-30-22-14(3)23-17(9-16(12)22)13(2)18(24(27)31-23)10-21(26)25-19-7-6-15(28-4)8-20(19)29-5/h6-9,11H,10H2,1-5H3,(H,25,26).